The molecule has 0 aromatic heterocycles. The summed E-state index contributed by atoms with van der Waals surface area (Å²) in [6, 6.07) is 6.35. The molecule has 0 heterocycles. The molecule has 3 nitrogen and oxygen atoms in total. The van der Waals surface area contributed by atoms with Gasteiger partial charge in [-0.3, -0.25) is 5.01 Å². The molecule has 1 aromatic carbocycles. The lowest BCUT2D eigenvalue weighted by atomic mass is 9.94. The summed E-state index contributed by atoms with van der Waals surface area (Å²) in [5.74, 6) is 0. The quantitative estimate of drug-likeness (QED) is 0.360. The van der Waals surface area contributed by atoms with Gasteiger partial charge in [-0.1, -0.05) is 18.5 Å². The van der Waals surface area contributed by atoms with E-state index in [1.165, 1.54) is 9.03 Å². The predicted molar refractivity (Wildman–Crippen MR) is 77.1 cm³/mol. The fraction of sp³-hybridized carbons (Fsp3) is 0.400. The molecule has 0 aliphatic heterocycles. The van der Waals surface area contributed by atoms with Gasteiger partial charge in [0.05, 0.1) is 6.17 Å². The van der Waals surface area contributed by atoms with Crippen LogP contribution in [0, 0.1) is 3.57 Å². The van der Waals surface area contributed by atoms with Gasteiger partial charge >= 0.3 is 0 Å². The van der Waals surface area contributed by atoms with Crippen LogP contribution in [0.15, 0.2) is 18.2 Å². The van der Waals surface area contributed by atoms with Crippen molar-refractivity contribution in [2.75, 3.05) is 11.6 Å². The van der Waals surface area contributed by atoms with Crippen molar-refractivity contribution in [3.63, 3.8) is 0 Å². The molecule has 0 aliphatic rings. The zero-order valence-corrected chi connectivity index (χ0v) is 11.6. The largest absolute Gasteiger partial charge is 0.310 e. The first-order chi connectivity index (χ1) is 7.06. The number of benzene rings is 1. The van der Waals surface area contributed by atoms with E-state index in [1.54, 1.807) is 0 Å². The van der Waals surface area contributed by atoms with Crippen LogP contribution in [0.1, 0.15) is 13.8 Å². The highest BCUT2D eigenvalue weighted by Crippen LogP contribution is 2.12. The van der Waals surface area contributed by atoms with Crippen LogP contribution in [0.25, 0.3) is 0 Å². The highest BCUT2D eigenvalue weighted by molar-refractivity contribution is 14.1. The summed E-state index contributed by atoms with van der Waals surface area (Å²) in [6.07, 6.45) is -0.0382. The van der Waals surface area contributed by atoms with Gasteiger partial charge in [0, 0.05) is 15.8 Å². The summed E-state index contributed by atoms with van der Waals surface area (Å²) in [7, 11) is 2.10. The first-order valence-corrected chi connectivity index (χ1v) is 6.18. The van der Waals surface area contributed by atoms with E-state index in [9.17, 15) is 0 Å². The molecule has 1 aromatic rings. The van der Waals surface area contributed by atoms with Crippen molar-refractivity contribution < 1.29 is 0 Å². The third kappa shape index (κ3) is 3.36. The maximum atomic E-state index is 5.92. The molecule has 1 rings (SSSR count). The van der Waals surface area contributed by atoms with Crippen molar-refractivity contribution >= 4 is 41.6 Å². The Kier molecular flexibility index (Phi) is 4.88. The van der Waals surface area contributed by atoms with Gasteiger partial charge in [0.1, 0.15) is 7.85 Å². The number of hydrogen-bond acceptors (Lipinski definition) is 3. The van der Waals surface area contributed by atoms with Crippen LogP contribution >= 0.6 is 22.6 Å². The Labute approximate surface area is 106 Å². The lowest BCUT2D eigenvalue weighted by Gasteiger charge is -2.30. The molecule has 0 saturated carbocycles. The molecule has 0 radical (unpaired) electrons. The molecule has 0 aliphatic carbocycles. The van der Waals surface area contributed by atoms with Crippen LogP contribution < -0.4 is 21.6 Å². The summed E-state index contributed by atoms with van der Waals surface area (Å²) >= 11 is 2.31. The first kappa shape index (κ1) is 12.8. The van der Waals surface area contributed by atoms with E-state index >= 15 is 0 Å². The lowest BCUT2D eigenvalue weighted by Crippen LogP contribution is -2.50. The lowest BCUT2D eigenvalue weighted by molar-refractivity contribution is 0.563. The van der Waals surface area contributed by atoms with Crippen LogP contribution in [0.2, 0.25) is 0 Å². The molecule has 15 heavy (non-hydrogen) atoms. The fourth-order valence-electron chi connectivity index (χ4n) is 1.51. The Balaban J connectivity index is 3.00. The molecule has 0 spiro atoms. The Morgan fingerprint density at radius 1 is 1.60 bits per heavy atom. The van der Waals surface area contributed by atoms with Gasteiger partial charge in [-0.15, -0.1) is 0 Å². The Bertz CT molecular complexity index is 330. The number of anilines is 1. The summed E-state index contributed by atoms with van der Waals surface area (Å²) in [6.45, 7) is 4.91. The zero-order chi connectivity index (χ0) is 11.4. The van der Waals surface area contributed by atoms with Crippen LogP contribution in [-0.4, -0.2) is 20.6 Å². The van der Waals surface area contributed by atoms with Crippen molar-refractivity contribution in [1.82, 2.24) is 5.43 Å². The highest BCUT2D eigenvalue weighted by atomic mass is 127. The molecule has 1 atom stereocenters. The minimum atomic E-state index is -0.0382. The summed E-state index contributed by atoms with van der Waals surface area (Å²) in [5, 5.41) is 2.01. The standard InChI is InChI=1S/C10H17BIN3/c1-3-14-15(7(2)13)10-5-4-8(12)6-9(10)11/h4-7,14H,3,11,13H2,1-2H3. The van der Waals surface area contributed by atoms with E-state index in [0.717, 1.165) is 12.2 Å². The predicted octanol–water partition coefficient (Wildman–Crippen LogP) is 0.185. The number of hydrazine groups is 1. The molecule has 0 fully saturated rings. The van der Waals surface area contributed by atoms with Gasteiger partial charge in [-0.05, 0) is 41.6 Å². The van der Waals surface area contributed by atoms with Crippen molar-refractivity contribution in [3.8, 4) is 0 Å². The summed E-state index contributed by atoms with van der Waals surface area (Å²) < 4.78 is 1.25. The van der Waals surface area contributed by atoms with E-state index < -0.39 is 0 Å². The topological polar surface area (TPSA) is 41.3 Å². The number of nitrogens with zero attached hydrogens (tertiary/aromatic N) is 1. The molecule has 3 N–H and O–H groups in total. The van der Waals surface area contributed by atoms with Crippen LogP contribution in [0.4, 0.5) is 5.69 Å². The van der Waals surface area contributed by atoms with Crippen molar-refractivity contribution in [2.45, 2.75) is 20.0 Å². The molecule has 5 heteroatoms. The molecule has 82 valence electrons. The smallest absolute Gasteiger partial charge is 0.142 e. The molecule has 0 amide bonds. The van der Waals surface area contributed by atoms with E-state index in [1.807, 2.05) is 11.9 Å². The van der Waals surface area contributed by atoms with Crippen molar-refractivity contribution in [1.29, 1.82) is 0 Å². The molecule has 1 unspecified atom stereocenters. The normalized spacial score (nSPS) is 12.5. The number of halogens is 1. The Hall–Kier alpha value is -0.265. The third-order valence-corrected chi connectivity index (χ3v) is 2.83. The highest BCUT2D eigenvalue weighted by Gasteiger charge is 2.11. The molecule has 0 bridgehead atoms. The van der Waals surface area contributed by atoms with E-state index in [4.69, 9.17) is 5.73 Å². The second kappa shape index (κ2) is 5.72. The average Bonchev–Trinajstić information content (AvgIpc) is 2.15. The molecule has 0 saturated heterocycles. The number of rotatable bonds is 4. The van der Waals surface area contributed by atoms with Crippen molar-refractivity contribution in [3.05, 3.63) is 21.8 Å². The monoisotopic (exact) mass is 317 g/mol. The van der Waals surface area contributed by atoms with Gasteiger partial charge in [-0.25, -0.2) is 5.43 Å². The molecular weight excluding hydrogens is 300 g/mol. The zero-order valence-electron chi connectivity index (χ0n) is 9.42. The number of nitrogens with one attached hydrogen (secondary N) is 1. The van der Waals surface area contributed by atoms with Gasteiger partial charge < -0.3 is 5.73 Å². The average molecular weight is 317 g/mol. The van der Waals surface area contributed by atoms with E-state index in [2.05, 4.69) is 61.0 Å². The van der Waals surface area contributed by atoms with Crippen LogP contribution in [-0.2, 0) is 0 Å². The van der Waals surface area contributed by atoms with Gasteiger partial charge in [0.25, 0.3) is 0 Å². The number of nitrogens with two attached hydrogens (primary N) is 1. The Morgan fingerprint density at radius 2 is 2.27 bits per heavy atom. The van der Waals surface area contributed by atoms with Crippen molar-refractivity contribution in [2.24, 2.45) is 5.73 Å². The second-order valence-electron chi connectivity index (χ2n) is 3.55. The maximum Gasteiger partial charge on any atom is 0.142 e. The van der Waals surface area contributed by atoms with Gasteiger partial charge in [-0.2, -0.15) is 0 Å². The number of hydrogen-bond donors (Lipinski definition) is 2. The SMILES string of the molecule is Bc1cc(I)ccc1N(NCC)C(C)N. The molecular formula is C10H17BIN3. The third-order valence-electron chi connectivity index (χ3n) is 2.15. The first-order valence-electron chi connectivity index (χ1n) is 5.10. The minimum absolute atomic E-state index is 0.0382. The van der Waals surface area contributed by atoms with Crippen LogP contribution in [0.3, 0.4) is 0 Å². The maximum absolute atomic E-state index is 5.92. The van der Waals surface area contributed by atoms with Gasteiger partial charge in [0.2, 0.25) is 0 Å². The second-order valence-corrected chi connectivity index (χ2v) is 4.80. The minimum Gasteiger partial charge on any atom is -0.310 e. The van der Waals surface area contributed by atoms with E-state index in [-0.39, 0.29) is 6.17 Å². The fourth-order valence-corrected chi connectivity index (χ4v) is 2.15. The van der Waals surface area contributed by atoms with E-state index in [0.29, 0.717) is 0 Å². The Morgan fingerprint density at radius 3 is 2.73 bits per heavy atom. The summed E-state index contributed by atoms with van der Waals surface area (Å²) in [4.78, 5) is 0. The summed E-state index contributed by atoms with van der Waals surface area (Å²) in [5.41, 5.74) is 11.6. The van der Waals surface area contributed by atoms with Gasteiger partial charge in [0.15, 0.2) is 0 Å². The van der Waals surface area contributed by atoms with Crippen LogP contribution in [0.5, 0.6) is 0 Å².